The number of rotatable bonds is 3. The molecular weight excluding hydrogens is 198 g/mol. The maximum atomic E-state index is 6.14. The average molecular weight is 219 g/mol. The highest BCUT2D eigenvalue weighted by Gasteiger charge is 2.41. The highest BCUT2D eigenvalue weighted by molar-refractivity contribution is 5.08. The Bertz CT molecular complexity index is 371. The molecule has 2 aliphatic carbocycles. The summed E-state index contributed by atoms with van der Waals surface area (Å²) in [4.78, 5) is 4.30. The van der Waals surface area contributed by atoms with Crippen molar-refractivity contribution >= 4 is 0 Å². The minimum Gasteiger partial charge on any atom is -0.330 e. The van der Waals surface area contributed by atoms with Crippen molar-refractivity contribution in [2.45, 2.75) is 51.1 Å². The molecule has 0 saturated heterocycles. The first kappa shape index (κ1) is 10.3. The first-order chi connectivity index (χ1) is 7.79. The molecule has 0 radical (unpaired) electrons. The van der Waals surface area contributed by atoms with Gasteiger partial charge in [-0.15, -0.1) is 0 Å². The summed E-state index contributed by atoms with van der Waals surface area (Å²) in [5, 5.41) is 0. The van der Waals surface area contributed by atoms with Crippen LogP contribution in [0.25, 0.3) is 0 Å². The van der Waals surface area contributed by atoms with Crippen LogP contribution in [0.2, 0.25) is 0 Å². The van der Waals surface area contributed by atoms with Gasteiger partial charge in [0.05, 0.1) is 12.0 Å². The van der Waals surface area contributed by atoms with Gasteiger partial charge in [-0.3, -0.25) is 0 Å². The molecule has 0 aliphatic heterocycles. The standard InChI is InChI=1S/C13H21N3/c1-2-11(14)13-7-15-8-16(13)12-6-9-3-4-10(12)5-9/h7-12H,2-6,14H2,1H3/t9?,10?,11-,12?/m1/s1. The fourth-order valence-corrected chi connectivity index (χ4v) is 3.64. The number of hydrogen-bond acceptors (Lipinski definition) is 2. The zero-order valence-corrected chi connectivity index (χ0v) is 9.97. The van der Waals surface area contributed by atoms with E-state index in [9.17, 15) is 0 Å². The van der Waals surface area contributed by atoms with Crippen molar-refractivity contribution in [2.75, 3.05) is 0 Å². The van der Waals surface area contributed by atoms with Crippen LogP contribution >= 0.6 is 0 Å². The second-order valence-corrected chi connectivity index (χ2v) is 5.48. The summed E-state index contributed by atoms with van der Waals surface area (Å²) < 4.78 is 2.37. The Morgan fingerprint density at radius 1 is 1.50 bits per heavy atom. The molecule has 2 aliphatic rings. The first-order valence-corrected chi connectivity index (χ1v) is 6.57. The van der Waals surface area contributed by atoms with Crippen LogP contribution in [0.3, 0.4) is 0 Å². The minimum atomic E-state index is 0.154. The Balaban J connectivity index is 1.87. The fourth-order valence-electron chi connectivity index (χ4n) is 3.64. The van der Waals surface area contributed by atoms with Crippen molar-refractivity contribution in [1.29, 1.82) is 0 Å². The molecule has 1 aromatic heterocycles. The number of fused-ring (bicyclic) bond motifs is 2. The largest absolute Gasteiger partial charge is 0.330 e. The normalized spacial score (nSPS) is 34.5. The van der Waals surface area contributed by atoms with E-state index < -0.39 is 0 Å². The first-order valence-electron chi connectivity index (χ1n) is 6.57. The SMILES string of the molecule is CC[C@@H](N)c1cncn1C1CC2CCC1C2. The van der Waals surface area contributed by atoms with Gasteiger partial charge < -0.3 is 10.3 Å². The zero-order chi connectivity index (χ0) is 11.1. The van der Waals surface area contributed by atoms with Gasteiger partial charge in [-0.1, -0.05) is 13.3 Å². The Labute approximate surface area is 97.0 Å². The van der Waals surface area contributed by atoms with Gasteiger partial charge in [0, 0.05) is 18.3 Å². The minimum absolute atomic E-state index is 0.154. The van der Waals surface area contributed by atoms with Gasteiger partial charge in [0.15, 0.2) is 0 Å². The average Bonchev–Trinajstić information content (AvgIpc) is 3.01. The molecule has 3 heteroatoms. The number of hydrogen-bond donors (Lipinski definition) is 1. The van der Waals surface area contributed by atoms with Crippen molar-refractivity contribution < 1.29 is 0 Å². The summed E-state index contributed by atoms with van der Waals surface area (Å²) in [6.07, 6.45) is 10.6. The summed E-state index contributed by atoms with van der Waals surface area (Å²) in [6, 6.07) is 0.843. The molecule has 1 heterocycles. The summed E-state index contributed by atoms with van der Waals surface area (Å²) in [6.45, 7) is 2.14. The second kappa shape index (κ2) is 3.88. The van der Waals surface area contributed by atoms with Gasteiger partial charge in [0.2, 0.25) is 0 Å². The Hall–Kier alpha value is -0.830. The third-order valence-electron chi connectivity index (χ3n) is 4.57. The van der Waals surface area contributed by atoms with E-state index in [-0.39, 0.29) is 6.04 Å². The Kier molecular flexibility index (Phi) is 2.51. The Morgan fingerprint density at radius 2 is 2.38 bits per heavy atom. The van der Waals surface area contributed by atoms with E-state index in [0.717, 1.165) is 18.3 Å². The van der Waals surface area contributed by atoms with Crippen molar-refractivity contribution in [3.8, 4) is 0 Å². The number of nitrogens with two attached hydrogens (primary N) is 1. The third-order valence-corrected chi connectivity index (χ3v) is 4.57. The van der Waals surface area contributed by atoms with Gasteiger partial charge in [0.1, 0.15) is 0 Å². The molecule has 88 valence electrons. The monoisotopic (exact) mass is 219 g/mol. The van der Waals surface area contributed by atoms with E-state index in [4.69, 9.17) is 5.73 Å². The third kappa shape index (κ3) is 1.49. The second-order valence-electron chi connectivity index (χ2n) is 5.48. The lowest BCUT2D eigenvalue weighted by Gasteiger charge is -2.26. The van der Waals surface area contributed by atoms with Gasteiger partial charge in [-0.2, -0.15) is 0 Å². The molecule has 2 N–H and O–H groups in total. The quantitative estimate of drug-likeness (QED) is 0.849. The number of imidazole rings is 1. The zero-order valence-electron chi connectivity index (χ0n) is 9.97. The van der Waals surface area contributed by atoms with Crippen LogP contribution < -0.4 is 5.73 Å². The van der Waals surface area contributed by atoms with Crippen molar-refractivity contribution in [1.82, 2.24) is 9.55 Å². The molecular formula is C13H21N3. The van der Waals surface area contributed by atoms with Gasteiger partial charge in [-0.25, -0.2) is 4.98 Å². The molecule has 0 amide bonds. The smallest absolute Gasteiger partial charge is 0.0951 e. The van der Waals surface area contributed by atoms with E-state index in [1.54, 1.807) is 0 Å². The highest BCUT2D eigenvalue weighted by atomic mass is 15.1. The maximum Gasteiger partial charge on any atom is 0.0951 e. The lowest BCUT2D eigenvalue weighted by atomic mass is 9.94. The van der Waals surface area contributed by atoms with Crippen molar-refractivity contribution in [3.05, 3.63) is 18.2 Å². The molecule has 1 aromatic rings. The Morgan fingerprint density at radius 3 is 3.00 bits per heavy atom. The van der Waals surface area contributed by atoms with Crippen molar-refractivity contribution in [2.24, 2.45) is 17.6 Å². The maximum absolute atomic E-state index is 6.14. The van der Waals surface area contributed by atoms with Crippen LogP contribution in [-0.4, -0.2) is 9.55 Å². The molecule has 3 nitrogen and oxygen atoms in total. The molecule has 3 rings (SSSR count). The van der Waals surface area contributed by atoms with Gasteiger partial charge in [0.25, 0.3) is 0 Å². The van der Waals surface area contributed by atoms with Crippen LogP contribution in [0.4, 0.5) is 0 Å². The summed E-state index contributed by atoms with van der Waals surface area (Å²) in [5.41, 5.74) is 7.38. The summed E-state index contributed by atoms with van der Waals surface area (Å²) in [7, 11) is 0. The molecule has 0 aromatic carbocycles. The van der Waals surface area contributed by atoms with Crippen molar-refractivity contribution in [3.63, 3.8) is 0 Å². The van der Waals surface area contributed by atoms with E-state index in [1.165, 1.54) is 31.4 Å². The molecule has 3 unspecified atom stereocenters. The lowest BCUT2D eigenvalue weighted by Crippen LogP contribution is -2.21. The molecule has 2 fully saturated rings. The number of aromatic nitrogens is 2. The predicted octanol–water partition coefficient (Wildman–Crippen LogP) is 2.65. The number of nitrogens with zero attached hydrogens (tertiary/aromatic N) is 2. The van der Waals surface area contributed by atoms with E-state index >= 15 is 0 Å². The molecule has 4 atom stereocenters. The van der Waals surface area contributed by atoms with Gasteiger partial charge in [-0.05, 0) is 37.5 Å². The van der Waals surface area contributed by atoms with Crippen LogP contribution in [-0.2, 0) is 0 Å². The van der Waals surface area contributed by atoms with Gasteiger partial charge >= 0.3 is 0 Å². The topological polar surface area (TPSA) is 43.8 Å². The van der Waals surface area contributed by atoms with Crippen LogP contribution in [0.1, 0.15) is 56.8 Å². The molecule has 0 spiro atoms. The molecule has 2 bridgehead atoms. The summed E-state index contributed by atoms with van der Waals surface area (Å²) in [5.74, 6) is 1.87. The van der Waals surface area contributed by atoms with E-state index in [0.29, 0.717) is 6.04 Å². The van der Waals surface area contributed by atoms with Crippen LogP contribution in [0.15, 0.2) is 12.5 Å². The fraction of sp³-hybridized carbons (Fsp3) is 0.769. The predicted molar refractivity (Wildman–Crippen MR) is 63.9 cm³/mol. The van der Waals surface area contributed by atoms with Crippen LogP contribution in [0, 0.1) is 11.8 Å². The lowest BCUT2D eigenvalue weighted by molar-refractivity contribution is 0.319. The molecule has 2 saturated carbocycles. The van der Waals surface area contributed by atoms with Crippen LogP contribution in [0.5, 0.6) is 0 Å². The summed E-state index contributed by atoms with van der Waals surface area (Å²) >= 11 is 0. The van der Waals surface area contributed by atoms with E-state index in [2.05, 4.69) is 16.5 Å². The molecule has 16 heavy (non-hydrogen) atoms. The van der Waals surface area contributed by atoms with E-state index in [1.807, 2.05) is 12.5 Å². The highest BCUT2D eigenvalue weighted by Crippen LogP contribution is 2.51.